The number of nitrogens with two attached hydrogens (primary N) is 1. The van der Waals surface area contributed by atoms with E-state index in [1.54, 1.807) is 33.3 Å². The Hall–Kier alpha value is -3.74. The second-order valence-electron chi connectivity index (χ2n) is 7.03. The highest BCUT2D eigenvalue weighted by molar-refractivity contribution is 5.75. The van der Waals surface area contributed by atoms with Crippen LogP contribution in [0.15, 0.2) is 48.7 Å². The van der Waals surface area contributed by atoms with Gasteiger partial charge >= 0.3 is 0 Å². The lowest BCUT2D eigenvalue weighted by Crippen LogP contribution is -2.21. The Labute approximate surface area is 174 Å². The number of anilines is 4. The summed E-state index contributed by atoms with van der Waals surface area (Å²) in [6.07, 6.45) is 3.86. The third-order valence-electron chi connectivity index (χ3n) is 5.07. The monoisotopic (exact) mass is 406 g/mol. The molecule has 0 spiro atoms. The van der Waals surface area contributed by atoms with Crippen molar-refractivity contribution in [1.29, 1.82) is 0 Å². The Morgan fingerprint density at radius 1 is 1.07 bits per heavy atom. The fraction of sp³-hybridized carbons (Fsp3) is 0.174. The fourth-order valence-electron chi connectivity index (χ4n) is 3.42. The van der Waals surface area contributed by atoms with E-state index in [0.29, 0.717) is 35.1 Å². The Balaban J connectivity index is 1.68. The minimum absolute atomic E-state index is 0.261. The number of nitrogen functional groups attached to an aromatic ring is 1. The molecule has 6 nitrogen and oxygen atoms in total. The van der Waals surface area contributed by atoms with Crippen LogP contribution in [0.3, 0.4) is 0 Å². The molecular weight excluding hydrogens is 383 g/mol. The number of nitrogens with zero attached hydrogens (tertiary/aromatic N) is 2. The van der Waals surface area contributed by atoms with Crippen LogP contribution in [0.4, 0.5) is 27.3 Å². The molecule has 0 saturated heterocycles. The normalized spacial score (nSPS) is 12.5. The van der Waals surface area contributed by atoms with Crippen LogP contribution in [-0.4, -0.2) is 19.2 Å². The number of fused-ring (bicyclic) bond motifs is 1. The van der Waals surface area contributed by atoms with Crippen molar-refractivity contribution in [2.75, 3.05) is 30.2 Å². The number of hydrogen-bond acceptors (Lipinski definition) is 6. The lowest BCUT2D eigenvalue weighted by Gasteiger charge is -2.27. The molecule has 0 atom stereocenters. The maximum Gasteiger partial charge on any atom is 0.162 e. The highest BCUT2D eigenvalue weighted by Gasteiger charge is 2.19. The smallest absolute Gasteiger partial charge is 0.162 e. The molecule has 30 heavy (non-hydrogen) atoms. The Bertz CT molecular complexity index is 1130. The van der Waals surface area contributed by atoms with E-state index in [1.807, 2.05) is 36.5 Å². The lowest BCUT2D eigenvalue weighted by molar-refractivity contribution is 0.355. The van der Waals surface area contributed by atoms with Crippen molar-refractivity contribution in [3.8, 4) is 11.5 Å². The molecule has 154 valence electrons. The first-order valence-electron chi connectivity index (χ1n) is 9.48. The SMILES string of the molecule is COc1ccc(N2C=Cc3nc(N)cc(Nc4ccc(C)c(F)c4)c3C2)cc1OC. The van der Waals surface area contributed by atoms with Gasteiger partial charge in [-0.15, -0.1) is 0 Å². The zero-order valence-electron chi connectivity index (χ0n) is 17.1. The van der Waals surface area contributed by atoms with E-state index >= 15 is 0 Å². The van der Waals surface area contributed by atoms with Gasteiger partial charge in [0.25, 0.3) is 0 Å². The van der Waals surface area contributed by atoms with Gasteiger partial charge in [-0.05, 0) is 42.8 Å². The molecule has 0 bridgehead atoms. The predicted octanol–water partition coefficient (Wildman–Crippen LogP) is 4.86. The summed E-state index contributed by atoms with van der Waals surface area (Å²) in [5, 5.41) is 3.29. The van der Waals surface area contributed by atoms with Crippen LogP contribution in [0.2, 0.25) is 0 Å². The molecule has 3 aromatic rings. The zero-order chi connectivity index (χ0) is 21.3. The summed E-state index contributed by atoms with van der Waals surface area (Å²) in [5.41, 5.74) is 10.7. The first kappa shape index (κ1) is 19.6. The number of nitrogens with one attached hydrogen (secondary N) is 1. The predicted molar refractivity (Wildman–Crippen MR) is 118 cm³/mol. The Morgan fingerprint density at radius 3 is 2.60 bits per heavy atom. The number of aromatic nitrogens is 1. The van der Waals surface area contributed by atoms with Crippen molar-refractivity contribution in [1.82, 2.24) is 4.98 Å². The highest BCUT2D eigenvalue weighted by atomic mass is 19.1. The van der Waals surface area contributed by atoms with Crippen molar-refractivity contribution < 1.29 is 13.9 Å². The standard InChI is InChI=1S/C23H23FN4O2/c1-14-4-5-15(10-18(14)24)26-20-12-23(25)27-19-8-9-28(13-17(19)20)16-6-7-21(29-2)22(11-16)30-3/h4-12H,13H2,1-3H3,(H3,25,26,27). The summed E-state index contributed by atoms with van der Waals surface area (Å²) >= 11 is 0. The molecule has 0 saturated carbocycles. The topological polar surface area (TPSA) is 72.6 Å². The summed E-state index contributed by atoms with van der Waals surface area (Å²) in [6, 6.07) is 12.6. The quantitative estimate of drug-likeness (QED) is 0.630. The molecule has 7 heteroatoms. The van der Waals surface area contributed by atoms with Crippen molar-refractivity contribution in [3.05, 3.63) is 71.3 Å². The average molecular weight is 406 g/mol. The van der Waals surface area contributed by atoms with Gasteiger partial charge in [0, 0.05) is 41.0 Å². The molecule has 3 N–H and O–H groups in total. The highest BCUT2D eigenvalue weighted by Crippen LogP contribution is 2.36. The van der Waals surface area contributed by atoms with Gasteiger partial charge in [0.1, 0.15) is 11.6 Å². The van der Waals surface area contributed by atoms with Gasteiger partial charge in [-0.3, -0.25) is 0 Å². The van der Waals surface area contributed by atoms with E-state index in [-0.39, 0.29) is 5.82 Å². The first-order valence-corrected chi connectivity index (χ1v) is 9.48. The summed E-state index contributed by atoms with van der Waals surface area (Å²) in [4.78, 5) is 6.51. The summed E-state index contributed by atoms with van der Waals surface area (Å²) in [5.74, 6) is 1.45. The molecule has 0 aliphatic carbocycles. The van der Waals surface area contributed by atoms with Crippen LogP contribution < -0.4 is 25.4 Å². The van der Waals surface area contributed by atoms with E-state index in [4.69, 9.17) is 15.2 Å². The van der Waals surface area contributed by atoms with Gasteiger partial charge < -0.3 is 25.4 Å². The van der Waals surface area contributed by atoms with Crippen LogP contribution in [0.5, 0.6) is 11.5 Å². The average Bonchev–Trinajstić information content (AvgIpc) is 2.75. The Morgan fingerprint density at radius 2 is 1.87 bits per heavy atom. The minimum Gasteiger partial charge on any atom is -0.493 e. The molecule has 2 heterocycles. The second kappa shape index (κ2) is 7.94. The van der Waals surface area contributed by atoms with E-state index in [2.05, 4.69) is 15.2 Å². The molecule has 0 fully saturated rings. The number of benzene rings is 2. The maximum absolute atomic E-state index is 14.0. The number of hydrogen-bond donors (Lipinski definition) is 2. The summed E-state index contributed by atoms with van der Waals surface area (Å²) in [7, 11) is 3.22. The zero-order valence-corrected chi connectivity index (χ0v) is 17.1. The van der Waals surface area contributed by atoms with Crippen molar-refractivity contribution in [2.24, 2.45) is 0 Å². The van der Waals surface area contributed by atoms with E-state index in [9.17, 15) is 4.39 Å². The second-order valence-corrected chi connectivity index (χ2v) is 7.03. The molecule has 1 aromatic heterocycles. The molecule has 0 unspecified atom stereocenters. The van der Waals surface area contributed by atoms with E-state index < -0.39 is 0 Å². The summed E-state index contributed by atoms with van der Waals surface area (Å²) < 4.78 is 24.7. The number of rotatable bonds is 5. The molecule has 1 aliphatic rings. The van der Waals surface area contributed by atoms with Crippen LogP contribution in [-0.2, 0) is 6.54 Å². The third-order valence-corrected chi connectivity index (χ3v) is 5.07. The van der Waals surface area contributed by atoms with Gasteiger partial charge in [-0.2, -0.15) is 0 Å². The van der Waals surface area contributed by atoms with Gasteiger partial charge in [-0.1, -0.05) is 6.07 Å². The fourth-order valence-corrected chi connectivity index (χ4v) is 3.42. The Kier molecular flexibility index (Phi) is 5.18. The van der Waals surface area contributed by atoms with Crippen LogP contribution in [0, 0.1) is 12.7 Å². The molecule has 4 rings (SSSR count). The van der Waals surface area contributed by atoms with E-state index in [1.165, 1.54) is 6.07 Å². The van der Waals surface area contributed by atoms with Gasteiger partial charge in [0.2, 0.25) is 0 Å². The largest absolute Gasteiger partial charge is 0.493 e. The lowest BCUT2D eigenvalue weighted by atomic mass is 10.1. The first-order chi connectivity index (χ1) is 14.5. The number of ether oxygens (including phenoxy) is 2. The molecule has 2 aromatic carbocycles. The van der Waals surface area contributed by atoms with Crippen molar-refractivity contribution in [2.45, 2.75) is 13.5 Å². The van der Waals surface area contributed by atoms with E-state index in [0.717, 1.165) is 22.6 Å². The van der Waals surface area contributed by atoms with Crippen molar-refractivity contribution in [3.63, 3.8) is 0 Å². The molecular formula is C23H23FN4O2. The van der Waals surface area contributed by atoms with Crippen LogP contribution in [0.25, 0.3) is 6.08 Å². The van der Waals surface area contributed by atoms with Gasteiger partial charge in [0.15, 0.2) is 11.5 Å². The molecule has 1 aliphatic heterocycles. The van der Waals surface area contributed by atoms with Crippen LogP contribution in [0.1, 0.15) is 16.8 Å². The summed E-state index contributed by atoms with van der Waals surface area (Å²) in [6.45, 7) is 2.29. The van der Waals surface area contributed by atoms with Crippen molar-refractivity contribution >= 4 is 29.0 Å². The number of pyridine rings is 1. The number of halogens is 1. The van der Waals surface area contributed by atoms with Gasteiger partial charge in [-0.25, -0.2) is 9.37 Å². The van der Waals surface area contributed by atoms with Gasteiger partial charge in [0.05, 0.1) is 26.5 Å². The molecule has 0 radical (unpaired) electrons. The minimum atomic E-state index is -0.261. The number of aryl methyl sites for hydroxylation is 1. The maximum atomic E-state index is 14.0. The number of methoxy groups -OCH3 is 2. The molecule has 0 amide bonds. The van der Waals surface area contributed by atoms with Crippen LogP contribution >= 0.6 is 0 Å². The third kappa shape index (κ3) is 3.74.